The first-order chi connectivity index (χ1) is 9.84. The highest BCUT2D eigenvalue weighted by Crippen LogP contribution is 2.22. The summed E-state index contributed by atoms with van der Waals surface area (Å²) in [5, 5.41) is 0. The molecule has 1 atom stereocenters. The Hall–Kier alpha value is -2.20. The summed E-state index contributed by atoms with van der Waals surface area (Å²) in [6, 6.07) is 13.6. The van der Waals surface area contributed by atoms with Crippen molar-refractivity contribution >= 4 is 5.91 Å². The van der Waals surface area contributed by atoms with E-state index < -0.39 is 0 Å². The molecule has 0 aliphatic carbocycles. The van der Waals surface area contributed by atoms with E-state index in [4.69, 9.17) is 4.74 Å². The number of aromatic nitrogens is 1. The molecule has 102 valence electrons. The van der Waals surface area contributed by atoms with Gasteiger partial charge in [-0.25, -0.2) is 0 Å². The summed E-state index contributed by atoms with van der Waals surface area (Å²) in [6.07, 6.45) is 3.23. The van der Waals surface area contributed by atoms with Gasteiger partial charge in [0.2, 0.25) is 0 Å². The van der Waals surface area contributed by atoms with Gasteiger partial charge < -0.3 is 9.64 Å². The van der Waals surface area contributed by atoms with Crippen LogP contribution in [0.4, 0.5) is 0 Å². The summed E-state index contributed by atoms with van der Waals surface area (Å²) in [6.45, 7) is 1.76. The minimum atomic E-state index is -0.0504. The van der Waals surface area contributed by atoms with Crippen molar-refractivity contribution in [3.8, 4) is 0 Å². The summed E-state index contributed by atoms with van der Waals surface area (Å²) < 4.78 is 5.77. The van der Waals surface area contributed by atoms with Crippen LogP contribution in [-0.4, -0.2) is 35.5 Å². The molecule has 0 spiro atoms. The van der Waals surface area contributed by atoms with Crippen LogP contribution in [0.2, 0.25) is 0 Å². The lowest BCUT2D eigenvalue weighted by Gasteiger charge is -2.33. The summed E-state index contributed by atoms with van der Waals surface area (Å²) >= 11 is 0. The second-order valence-electron chi connectivity index (χ2n) is 4.76. The lowest BCUT2D eigenvalue weighted by atomic mass is 10.1. The van der Waals surface area contributed by atoms with Gasteiger partial charge in [0.1, 0.15) is 6.10 Å². The minimum absolute atomic E-state index is 0.0160. The third kappa shape index (κ3) is 2.70. The van der Waals surface area contributed by atoms with E-state index in [-0.39, 0.29) is 12.0 Å². The molecule has 0 N–H and O–H groups in total. The van der Waals surface area contributed by atoms with Crippen molar-refractivity contribution in [1.29, 1.82) is 0 Å². The largest absolute Gasteiger partial charge is 0.370 e. The minimum Gasteiger partial charge on any atom is -0.370 e. The number of carbonyl (C=O) groups excluding carboxylic acids is 1. The zero-order valence-corrected chi connectivity index (χ0v) is 11.1. The molecule has 0 saturated carbocycles. The van der Waals surface area contributed by atoms with Crippen LogP contribution in [0.3, 0.4) is 0 Å². The molecule has 1 fully saturated rings. The standard InChI is InChI=1S/C16H16N2O2/c19-16(14-7-4-8-17-11-14)18-9-10-20-15(12-18)13-5-2-1-3-6-13/h1-8,11,15H,9-10,12H2. The molecule has 4 heteroatoms. The molecule has 1 aliphatic heterocycles. The van der Waals surface area contributed by atoms with Gasteiger partial charge in [-0.2, -0.15) is 0 Å². The Bertz CT molecular complexity index is 572. The van der Waals surface area contributed by atoms with Gasteiger partial charge in [0.05, 0.1) is 18.7 Å². The lowest BCUT2D eigenvalue weighted by Crippen LogP contribution is -2.42. The maximum atomic E-state index is 12.4. The third-order valence-corrected chi connectivity index (χ3v) is 3.43. The van der Waals surface area contributed by atoms with Crippen LogP contribution < -0.4 is 0 Å². The second-order valence-corrected chi connectivity index (χ2v) is 4.76. The zero-order valence-electron chi connectivity index (χ0n) is 11.1. The number of hydrogen-bond donors (Lipinski definition) is 0. The number of pyridine rings is 1. The fraction of sp³-hybridized carbons (Fsp3) is 0.250. The number of nitrogens with zero attached hydrogens (tertiary/aromatic N) is 2. The first-order valence-corrected chi connectivity index (χ1v) is 6.70. The molecule has 1 aromatic carbocycles. The van der Waals surface area contributed by atoms with E-state index in [0.717, 1.165) is 5.56 Å². The van der Waals surface area contributed by atoms with Crippen molar-refractivity contribution in [2.45, 2.75) is 6.10 Å². The van der Waals surface area contributed by atoms with Crippen LogP contribution >= 0.6 is 0 Å². The summed E-state index contributed by atoms with van der Waals surface area (Å²) in [7, 11) is 0. The molecular formula is C16H16N2O2. The summed E-state index contributed by atoms with van der Waals surface area (Å²) in [4.78, 5) is 18.2. The topological polar surface area (TPSA) is 42.4 Å². The molecule has 2 aromatic rings. The van der Waals surface area contributed by atoms with Gasteiger partial charge in [0.15, 0.2) is 0 Å². The highest BCUT2D eigenvalue weighted by atomic mass is 16.5. The van der Waals surface area contributed by atoms with Crippen molar-refractivity contribution in [3.05, 3.63) is 66.0 Å². The molecule has 1 aromatic heterocycles. The molecule has 1 aliphatic rings. The van der Waals surface area contributed by atoms with E-state index in [9.17, 15) is 4.79 Å². The highest BCUT2D eigenvalue weighted by molar-refractivity contribution is 5.93. The van der Waals surface area contributed by atoms with E-state index in [1.54, 1.807) is 24.5 Å². The zero-order chi connectivity index (χ0) is 13.8. The quantitative estimate of drug-likeness (QED) is 0.839. The SMILES string of the molecule is O=C(c1cccnc1)N1CCOC(c2ccccc2)C1. The number of benzene rings is 1. The molecule has 2 heterocycles. The average Bonchev–Trinajstić information content (AvgIpc) is 2.56. The Kier molecular flexibility index (Phi) is 3.74. The number of carbonyl (C=O) groups is 1. The van der Waals surface area contributed by atoms with Crippen LogP contribution in [0.1, 0.15) is 22.0 Å². The van der Waals surface area contributed by atoms with E-state index in [0.29, 0.717) is 25.3 Å². The Morgan fingerprint density at radius 1 is 1.20 bits per heavy atom. The van der Waals surface area contributed by atoms with E-state index in [1.807, 2.05) is 35.2 Å². The van der Waals surface area contributed by atoms with E-state index in [1.165, 1.54) is 0 Å². The Morgan fingerprint density at radius 3 is 2.80 bits per heavy atom. The normalized spacial score (nSPS) is 18.8. The first-order valence-electron chi connectivity index (χ1n) is 6.70. The molecule has 0 radical (unpaired) electrons. The van der Waals surface area contributed by atoms with Crippen LogP contribution in [-0.2, 0) is 4.74 Å². The lowest BCUT2D eigenvalue weighted by molar-refractivity contribution is -0.0228. The van der Waals surface area contributed by atoms with Gasteiger partial charge in [0.25, 0.3) is 5.91 Å². The van der Waals surface area contributed by atoms with E-state index in [2.05, 4.69) is 4.98 Å². The van der Waals surface area contributed by atoms with Gasteiger partial charge in [-0.05, 0) is 17.7 Å². The molecular weight excluding hydrogens is 252 g/mol. The number of amides is 1. The van der Waals surface area contributed by atoms with Gasteiger partial charge in [-0.3, -0.25) is 9.78 Å². The molecule has 4 nitrogen and oxygen atoms in total. The molecule has 1 unspecified atom stereocenters. The number of rotatable bonds is 2. The van der Waals surface area contributed by atoms with Gasteiger partial charge in [-0.15, -0.1) is 0 Å². The fourth-order valence-electron chi connectivity index (χ4n) is 2.37. The number of hydrogen-bond acceptors (Lipinski definition) is 3. The van der Waals surface area contributed by atoms with Crippen molar-refractivity contribution in [2.24, 2.45) is 0 Å². The molecule has 1 amide bonds. The van der Waals surface area contributed by atoms with Crippen LogP contribution in [0.5, 0.6) is 0 Å². The molecule has 20 heavy (non-hydrogen) atoms. The molecule has 1 saturated heterocycles. The van der Waals surface area contributed by atoms with Gasteiger partial charge >= 0.3 is 0 Å². The predicted octanol–water partition coefficient (Wildman–Crippen LogP) is 2.30. The van der Waals surface area contributed by atoms with Crippen LogP contribution in [0.25, 0.3) is 0 Å². The summed E-state index contributed by atoms with van der Waals surface area (Å²) in [5.41, 5.74) is 1.73. The van der Waals surface area contributed by atoms with Crippen molar-refractivity contribution in [3.63, 3.8) is 0 Å². The molecule has 0 bridgehead atoms. The Balaban J connectivity index is 1.74. The Morgan fingerprint density at radius 2 is 2.05 bits per heavy atom. The van der Waals surface area contributed by atoms with Crippen molar-refractivity contribution in [1.82, 2.24) is 9.88 Å². The first kappa shape index (κ1) is 12.8. The fourth-order valence-corrected chi connectivity index (χ4v) is 2.37. The highest BCUT2D eigenvalue weighted by Gasteiger charge is 2.25. The molecule has 3 rings (SSSR count). The van der Waals surface area contributed by atoms with Crippen molar-refractivity contribution < 1.29 is 9.53 Å². The average molecular weight is 268 g/mol. The maximum Gasteiger partial charge on any atom is 0.255 e. The summed E-state index contributed by atoms with van der Waals surface area (Å²) in [5.74, 6) is 0.0160. The van der Waals surface area contributed by atoms with Crippen LogP contribution in [0, 0.1) is 0 Å². The van der Waals surface area contributed by atoms with E-state index >= 15 is 0 Å². The number of ether oxygens (including phenoxy) is 1. The maximum absolute atomic E-state index is 12.4. The van der Waals surface area contributed by atoms with Crippen LogP contribution in [0.15, 0.2) is 54.9 Å². The van der Waals surface area contributed by atoms with Crippen molar-refractivity contribution in [2.75, 3.05) is 19.7 Å². The Labute approximate surface area is 118 Å². The second kappa shape index (κ2) is 5.84. The van der Waals surface area contributed by atoms with Gasteiger partial charge in [0, 0.05) is 18.9 Å². The predicted molar refractivity (Wildman–Crippen MR) is 75.3 cm³/mol. The monoisotopic (exact) mass is 268 g/mol. The smallest absolute Gasteiger partial charge is 0.255 e. The third-order valence-electron chi connectivity index (χ3n) is 3.43. The number of morpholine rings is 1. The van der Waals surface area contributed by atoms with Gasteiger partial charge in [-0.1, -0.05) is 30.3 Å².